The second kappa shape index (κ2) is 3.75. The number of rotatable bonds is 2. The van der Waals surface area contributed by atoms with Crippen molar-refractivity contribution >= 4 is 27.4 Å². The quantitative estimate of drug-likeness (QED) is 0.842. The highest BCUT2D eigenvalue weighted by atomic mass is 79.9. The van der Waals surface area contributed by atoms with Gasteiger partial charge in [0, 0.05) is 6.20 Å². The van der Waals surface area contributed by atoms with Gasteiger partial charge in [-0.1, -0.05) is 6.07 Å². The summed E-state index contributed by atoms with van der Waals surface area (Å²) in [5, 5.41) is 0. The summed E-state index contributed by atoms with van der Waals surface area (Å²) < 4.78 is 2.27. The Kier molecular flexibility index (Phi) is 2.58. The van der Waals surface area contributed by atoms with Crippen molar-refractivity contribution in [1.29, 1.82) is 0 Å². The average molecular weight is 268 g/mol. The molecule has 0 aliphatic heterocycles. The molecule has 4 nitrogen and oxygen atoms in total. The number of imidazole rings is 1. The van der Waals surface area contributed by atoms with Crippen LogP contribution in [-0.4, -0.2) is 21.2 Å². The Morgan fingerprint density at radius 2 is 2.33 bits per heavy atom. The van der Waals surface area contributed by atoms with Crippen LogP contribution in [-0.2, 0) is 0 Å². The molecule has 1 unspecified atom stereocenters. The Labute approximate surface area is 95.2 Å². The SMILES string of the molecule is CC(N)C(=O)c1c(Br)nc2ccccn12. The summed E-state index contributed by atoms with van der Waals surface area (Å²) >= 11 is 3.27. The van der Waals surface area contributed by atoms with Gasteiger partial charge in [0.2, 0.25) is 0 Å². The molecule has 2 heterocycles. The largest absolute Gasteiger partial charge is 0.321 e. The standard InChI is InChI=1S/C10H10BrN3O/c1-6(12)9(15)8-10(11)13-7-4-2-3-5-14(7)8/h2-6H,12H2,1H3. The van der Waals surface area contributed by atoms with Crippen molar-refractivity contribution < 1.29 is 4.79 Å². The maximum absolute atomic E-state index is 11.8. The van der Waals surface area contributed by atoms with E-state index in [0.29, 0.717) is 10.3 Å². The predicted octanol–water partition coefficient (Wildman–Crippen LogP) is 1.63. The van der Waals surface area contributed by atoms with Gasteiger partial charge in [0.25, 0.3) is 0 Å². The van der Waals surface area contributed by atoms with Crippen molar-refractivity contribution in [3.05, 3.63) is 34.7 Å². The zero-order valence-electron chi connectivity index (χ0n) is 8.14. The number of halogens is 1. The molecule has 0 amide bonds. The van der Waals surface area contributed by atoms with E-state index in [1.165, 1.54) is 0 Å². The number of ketones is 1. The molecule has 15 heavy (non-hydrogen) atoms. The maximum atomic E-state index is 11.8. The van der Waals surface area contributed by atoms with Crippen LogP contribution in [0.4, 0.5) is 0 Å². The first-order chi connectivity index (χ1) is 7.11. The van der Waals surface area contributed by atoms with Crippen molar-refractivity contribution in [1.82, 2.24) is 9.38 Å². The minimum atomic E-state index is -0.526. The summed E-state index contributed by atoms with van der Waals surface area (Å²) in [6.07, 6.45) is 1.79. The molecule has 5 heteroatoms. The van der Waals surface area contributed by atoms with Crippen LogP contribution in [0.1, 0.15) is 17.4 Å². The van der Waals surface area contributed by atoms with Crippen LogP contribution in [0.25, 0.3) is 5.65 Å². The van der Waals surface area contributed by atoms with E-state index in [9.17, 15) is 4.79 Å². The first kappa shape index (κ1) is 10.3. The van der Waals surface area contributed by atoms with Gasteiger partial charge in [-0.25, -0.2) is 4.98 Å². The predicted molar refractivity (Wildman–Crippen MR) is 60.9 cm³/mol. The van der Waals surface area contributed by atoms with E-state index in [0.717, 1.165) is 5.65 Å². The van der Waals surface area contributed by atoms with Gasteiger partial charge in [-0.3, -0.25) is 9.20 Å². The van der Waals surface area contributed by atoms with Gasteiger partial charge >= 0.3 is 0 Å². The van der Waals surface area contributed by atoms with Gasteiger partial charge in [-0.15, -0.1) is 0 Å². The maximum Gasteiger partial charge on any atom is 0.198 e. The molecule has 0 aliphatic rings. The summed E-state index contributed by atoms with van der Waals surface area (Å²) in [6, 6.07) is 5.03. The fraction of sp³-hybridized carbons (Fsp3) is 0.200. The van der Waals surface area contributed by atoms with Crippen LogP contribution in [0.2, 0.25) is 0 Å². The van der Waals surface area contributed by atoms with Crippen molar-refractivity contribution in [2.45, 2.75) is 13.0 Å². The Hall–Kier alpha value is -1.20. The molecule has 0 aromatic carbocycles. The molecular formula is C10H10BrN3O. The molecule has 0 saturated carbocycles. The van der Waals surface area contributed by atoms with Gasteiger partial charge in [0.1, 0.15) is 15.9 Å². The molecule has 0 saturated heterocycles. The van der Waals surface area contributed by atoms with E-state index < -0.39 is 6.04 Å². The van der Waals surface area contributed by atoms with Crippen LogP contribution in [0, 0.1) is 0 Å². The highest BCUT2D eigenvalue weighted by molar-refractivity contribution is 9.10. The minimum absolute atomic E-state index is 0.124. The lowest BCUT2D eigenvalue weighted by molar-refractivity contribution is 0.0961. The van der Waals surface area contributed by atoms with Crippen molar-refractivity contribution in [2.75, 3.05) is 0 Å². The highest BCUT2D eigenvalue weighted by Gasteiger charge is 2.19. The average Bonchev–Trinajstić information content (AvgIpc) is 2.52. The van der Waals surface area contributed by atoms with Gasteiger partial charge in [0.15, 0.2) is 5.78 Å². The number of pyridine rings is 1. The Morgan fingerprint density at radius 1 is 1.60 bits per heavy atom. The second-order valence-corrected chi connectivity index (χ2v) is 4.08. The smallest absolute Gasteiger partial charge is 0.198 e. The van der Waals surface area contributed by atoms with E-state index in [1.54, 1.807) is 17.5 Å². The Bertz CT molecular complexity index is 518. The summed E-state index contributed by atoms with van der Waals surface area (Å²) in [5.74, 6) is -0.124. The van der Waals surface area contributed by atoms with Crippen LogP contribution in [0.5, 0.6) is 0 Å². The molecule has 0 aliphatic carbocycles. The fourth-order valence-corrected chi connectivity index (χ4v) is 1.97. The Balaban J connectivity index is 2.69. The van der Waals surface area contributed by atoms with Crippen LogP contribution in [0.3, 0.4) is 0 Å². The molecule has 0 spiro atoms. The van der Waals surface area contributed by atoms with Crippen LogP contribution >= 0.6 is 15.9 Å². The van der Waals surface area contributed by atoms with Crippen molar-refractivity contribution in [3.63, 3.8) is 0 Å². The van der Waals surface area contributed by atoms with Crippen LogP contribution < -0.4 is 5.73 Å². The summed E-state index contributed by atoms with van der Waals surface area (Å²) in [5.41, 5.74) is 6.81. The molecule has 0 bridgehead atoms. The summed E-state index contributed by atoms with van der Waals surface area (Å²) in [6.45, 7) is 1.66. The van der Waals surface area contributed by atoms with E-state index in [4.69, 9.17) is 5.73 Å². The lowest BCUT2D eigenvalue weighted by Gasteiger charge is -2.04. The molecule has 0 radical (unpaired) electrons. The topological polar surface area (TPSA) is 60.4 Å². The molecule has 2 aromatic heterocycles. The fourth-order valence-electron chi connectivity index (χ4n) is 1.40. The van der Waals surface area contributed by atoms with Crippen LogP contribution in [0.15, 0.2) is 29.0 Å². The lowest BCUT2D eigenvalue weighted by Crippen LogP contribution is -2.28. The molecular weight excluding hydrogens is 258 g/mol. The third kappa shape index (κ3) is 1.68. The third-order valence-corrected chi connectivity index (χ3v) is 2.69. The number of nitrogens with two attached hydrogens (primary N) is 1. The number of nitrogens with zero attached hydrogens (tertiary/aromatic N) is 2. The zero-order chi connectivity index (χ0) is 11.0. The Morgan fingerprint density at radius 3 is 3.00 bits per heavy atom. The third-order valence-electron chi connectivity index (χ3n) is 2.13. The molecule has 2 N–H and O–H groups in total. The number of aromatic nitrogens is 2. The molecule has 2 rings (SSSR count). The monoisotopic (exact) mass is 267 g/mol. The van der Waals surface area contributed by atoms with Crippen molar-refractivity contribution in [2.24, 2.45) is 5.73 Å². The second-order valence-electron chi connectivity index (χ2n) is 3.33. The number of hydrogen-bond donors (Lipinski definition) is 1. The lowest BCUT2D eigenvalue weighted by atomic mass is 10.2. The number of hydrogen-bond acceptors (Lipinski definition) is 3. The van der Waals surface area contributed by atoms with Gasteiger partial charge < -0.3 is 5.73 Å². The molecule has 78 valence electrons. The summed E-state index contributed by atoms with van der Waals surface area (Å²) in [7, 11) is 0. The van der Waals surface area contributed by atoms with E-state index in [1.807, 2.05) is 18.2 Å². The molecule has 0 fully saturated rings. The first-order valence-electron chi connectivity index (χ1n) is 4.53. The van der Waals surface area contributed by atoms with E-state index in [-0.39, 0.29) is 5.78 Å². The normalized spacial score (nSPS) is 13.0. The first-order valence-corrected chi connectivity index (χ1v) is 5.33. The summed E-state index contributed by atoms with van der Waals surface area (Å²) in [4.78, 5) is 16.0. The number of fused-ring (bicyclic) bond motifs is 1. The van der Waals surface area contributed by atoms with Crippen molar-refractivity contribution in [3.8, 4) is 0 Å². The van der Waals surface area contributed by atoms with Gasteiger partial charge in [-0.05, 0) is 35.0 Å². The highest BCUT2D eigenvalue weighted by Crippen LogP contribution is 2.19. The minimum Gasteiger partial charge on any atom is -0.321 e. The number of Topliss-reactive ketones (excluding diaryl/α,β-unsaturated/α-hetero) is 1. The van der Waals surface area contributed by atoms with E-state index >= 15 is 0 Å². The zero-order valence-corrected chi connectivity index (χ0v) is 9.73. The van der Waals surface area contributed by atoms with Gasteiger partial charge in [0.05, 0.1) is 6.04 Å². The van der Waals surface area contributed by atoms with E-state index in [2.05, 4.69) is 20.9 Å². The number of carbonyl (C=O) groups excluding carboxylic acids is 1. The molecule has 2 aromatic rings. The van der Waals surface area contributed by atoms with Gasteiger partial charge in [-0.2, -0.15) is 0 Å². The number of carbonyl (C=O) groups is 1. The molecule has 1 atom stereocenters.